The van der Waals surface area contributed by atoms with Crippen LogP contribution in [0.25, 0.3) is 10.9 Å². The van der Waals surface area contributed by atoms with Gasteiger partial charge in [0.2, 0.25) is 5.90 Å². The Morgan fingerprint density at radius 3 is 3.00 bits per heavy atom. The second kappa shape index (κ2) is 5.32. The van der Waals surface area contributed by atoms with Gasteiger partial charge in [-0.25, -0.2) is 0 Å². The lowest BCUT2D eigenvalue weighted by molar-refractivity contribution is 0.325. The predicted octanol–water partition coefficient (Wildman–Crippen LogP) is 3.11. The maximum atomic E-state index is 7.66. The van der Waals surface area contributed by atoms with Crippen LogP contribution in [0.4, 0.5) is 0 Å². The Morgan fingerprint density at radius 2 is 2.31 bits per heavy atom. The number of rotatable bonds is 2. The first-order valence-electron chi connectivity index (χ1n) is 4.57. The molecule has 0 spiro atoms. The molecule has 0 saturated heterocycles. The number of nitrogens with one attached hydrogen (secondary N) is 2. The molecule has 2 rings (SSSR count). The van der Waals surface area contributed by atoms with Crippen molar-refractivity contribution < 1.29 is 4.74 Å². The van der Waals surface area contributed by atoms with Crippen molar-refractivity contribution in [2.75, 3.05) is 6.61 Å². The highest BCUT2D eigenvalue weighted by atomic mass is 79.9. The largest absolute Gasteiger partial charge is 0.478 e. The van der Waals surface area contributed by atoms with E-state index in [1.54, 1.807) is 0 Å². The van der Waals surface area contributed by atoms with Gasteiger partial charge in [-0.15, -0.1) is 12.4 Å². The number of benzene rings is 1. The van der Waals surface area contributed by atoms with E-state index in [1.165, 1.54) is 0 Å². The van der Waals surface area contributed by atoms with Crippen LogP contribution in [0.15, 0.2) is 22.8 Å². The molecule has 0 aliphatic rings. The summed E-state index contributed by atoms with van der Waals surface area (Å²) in [4.78, 5) is 0. The summed E-state index contributed by atoms with van der Waals surface area (Å²) in [5.74, 6) is 0.188. The van der Waals surface area contributed by atoms with Crippen molar-refractivity contribution in [1.29, 1.82) is 5.41 Å². The molecule has 2 N–H and O–H groups in total. The molecular formula is C10H11BrClN3O. The normalized spacial score (nSPS) is 9.88. The molecule has 1 heterocycles. The van der Waals surface area contributed by atoms with E-state index >= 15 is 0 Å². The summed E-state index contributed by atoms with van der Waals surface area (Å²) in [5.41, 5.74) is 1.70. The van der Waals surface area contributed by atoms with Crippen LogP contribution in [0, 0.1) is 5.41 Å². The molecular weight excluding hydrogens is 293 g/mol. The molecule has 2 aromatic rings. The first-order valence-corrected chi connectivity index (χ1v) is 5.37. The minimum Gasteiger partial charge on any atom is -0.478 e. The Hall–Kier alpha value is -1.07. The molecule has 0 fully saturated rings. The van der Waals surface area contributed by atoms with Gasteiger partial charge in [-0.05, 0) is 41.1 Å². The van der Waals surface area contributed by atoms with Gasteiger partial charge in [0.15, 0.2) is 0 Å². The number of ether oxygens (including phenoxy) is 1. The second-order valence-corrected chi connectivity index (χ2v) is 3.79. The first kappa shape index (κ1) is 13.0. The van der Waals surface area contributed by atoms with E-state index in [4.69, 9.17) is 10.1 Å². The number of hydrogen-bond donors (Lipinski definition) is 2. The van der Waals surface area contributed by atoms with Crippen LogP contribution < -0.4 is 0 Å². The van der Waals surface area contributed by atoms with Crippen molar-refractivity contribution in [3.63, 3.8) is 0 Å². The Kier molecular flexibility index (Phi) is 4.32. The SMILES string of the molecule is CCOC(=N)c1ccc2[nH]nc(Br)c2c1.Cl. The number of hydrogen-bond acceptors (Lipinski definition) is 3. The van der Waals surface area contributed by atoms with Crippen LogP contribution in [0.1, 0.15) is 12.5 Å². The summed E-state index contributed by atoms with van der Waals surface area (Å²) in [6.07, 6.45) is 0. The summed E-state index contributed by atoms with van der Waals surface area (Å²) >= 11 is 3.34. The Morgan fingerprint density at radius 1 is 1.56 bits per heavy atom. The van der Waals surface area contributed by atoms with Crippen LogP contribution >= 0.6 is 28.3 Å². The Labute approximate surface area is 107 Å². The van der Waals surface area contributed by atoms with Crippen molar-refractivity contribution in [3.8, 4) is 0 Å². The van der Waals surface area contributed by atoms with Gasteiger partial charge < -0.3 is 4.74 Å². The minimum absolute atomic E-state index is 0. The number of halogens is 2. The predicted molar refractivity (Wildman–Crippen MR) is 69.5 cm³/mol. The average Bonchev–Trinajstić information content (AvgIpc) is 2.60. The van der Waals surface area contributed by atoms with Crippen molar-refractivity contribution in [1.82, 2.24) is 10.2 Å². The number of nitrogens with zero attached hydrogens (tertiary/aromatic N) is 1. The van der Waals surface area contributed by atoms with E-state index in [1.807, 2.05) is 25.1 Å². The summed E-state index contributed by atoms with van der Waals surface area (Å²) in [7, 11) is 0. The zero-order valence-electron chi connectivity index (χ0n) is 8.58. The zero-order chi connectivity index (χ0) is 10.8. The average molecular weight is 305 g/mol. The quantitative estimate of drug-likeness (QED) is 0.661. The molecule has 86 valence electrons. The summed E-state index contributed by atoms with van der Waals surface area (Å²) in [6.45, 7) is 2.37. The van der Waals surface area contributed by atoms with Crippen LogP contribution in [0.5, 0.6) is 0 Å². The van der Waals surface area contributed by atoms with Crippen molar-refractivity contribution >= 4 is 45.1 Å². The van der Waals surface area contributed by atoms with Gasteiger partial charge in [-0.1, -0.05) is 0 Å². The van der Waals surface area contributed by atoms with Crippen molar-refractivity contribution in [2.45, 2.75) is 6.92 Å². The maximum Gasteiger partial charge on any atom is 0.213 e. The fourth-order valence-electron chi connectivity index (χ4n) is 1.35. The van der Waals surface area contributed by atoms with E-state index in [-0.39, 0.29) is 18.3 Å². The lowest BCUT2D eigenvalue weighted by atomic mass is 10.1. The van der Waals surface area contributed by atoms with Crippen LogP contribution in [0.3, 0.4) is 0 Å². The minimum atomic E-state index is 0. The van der Waals surface area contributed by atoms with Gasteiger partial charge in [0.25, 0.3) is 0 Å². The van der Waals surface area contributed by atoms with Gasteiger partial charge in [-0.2, -0.15) is 5.10 Å². The molecule has 0 saturated carbocycles. The van der Waals surface area contributed by atoms with Gasteiger partial charge in [0, 0.05) is 10.9 Å². The summed E-state index contributed by atoms with van der Waals surface area (Å²) in [6, 6.07) is 5.60. The van der Waals surface area contributed by atoms with Gasteiger partial charge in [0.1, 0.15) is 4.60 Å². The van der Waals surface area contributed by atoms with Gasteiger partial charge in [-0.3, -0.25) is 10.5 Å². The van der Waals surface area contributed by atoms with Crippen LogP contribution in [-0.2, 0) is 4.74 Å². The summed E-state index contributed by atoms with van der Waals surface area (Å²) < 4.78 is 5.88. The standard InChI is InChI=1S/C10H10BrN3O.ClH/c1-2-15-10(12)6-3-4-8-7(5-6)9(11)14-13-8;/h3-5,12H,2H2,1H3,(H,13,14);1H. The number of H-pyrrole nitrogens is 1. The molecule has 4 nitrogen and oxygen atoms in total. The first-order chi connectivity index (χ1) is 7.22. The van der Waals surface area contributed by atoms with E-state index < -0.39 is 0 Å². The van der Waals surface area contributed by atoms with Gasteiger partial charge >= 0.3 is 0 Å². The molecule has 1 aromatic carbocycles. The summed E-state index contributed by atoms with van der Waals surface area (Å²) in [5, 5.41) is 15.5. The van der Waals surface area contributed by atoms with Crippen LogP contribution in [0.2, 0.25) is 0 Å². The molecule has 16 heavy (non-hydrogen) atoms. The Balaban J connectivity index is 0.00000128. The third kappa shape index (κ3) is 2.36. The van der Waals surface area contributed by atoms with E-state index in [0.29, 0.717) is 6.61 Å². The lowest BCUT2D eigenvalue weighted by Gasteiger charge is -2.04. The number of fused-ring (bicyclic) bond motifs is 1. The van der Waals surface area contributed by atoms with Crippen molar-refractivity contribution in [3.05, 3.63) is 28.4 Å². The zero-order valence-corrected chi connectivity index (χ0v) is 11.0. The molecule has 0 aliphatic heterocycles. The highest BCUT2D eigenvalue weighted by Gasteiger charge is 2.07. The molecule has 1 aromatic heterocycles. The third-order valence-electron chi connectivity index (χ3n) is 2.07. The maximum absolute atomic E-state index is 7.66. The smallest absolute Gasteiger partial charge is 0.213 e. The molecule has 6 heteroatoms. The third-order valence-corrected chi connectivity index (χ3v) is 2.67. The van der Waals surface area contributed by atoms with Crippen molar-refractivity contribution in [2.24, 2.45) is 0 Å². The monoisotopic (exact) mass is 303 g/mol. The fourth-order valence-corrected chi connectivity index (χ4v) is 1.77. The van der Waals surface area contributed by atoms with E-state index in [0.717, 1.165) is 21.1 Å². The van der Waals surface area contributed by atoms with Crippen LogP contribution in [-0.4, -0.2) is 22.7 Å². The molecule has 0 bridgehead atoms. The second-order valence-electron chi connectivity index (χ2n) is 3.04. The van der Waals surface area contributed by atoms with E-state index in [9.17, 15) is 0 Å². The number of aromatic nitrogens is 2. The molecule has 0 amide bonds. The molecule has 0 unspecified atom stereocenters. The molecule has 0 atom stereocenters. The fraction of sp³-hybridized carbons (Fsp3) is 0.200. The van der Waals surface area contributed by atoms with E-state index in [2.05, 4.69) is 26.1 Å². The Bertz CT molecular complexity index is 512. The molecule has 0 aliphatic carbocycles. The highest BCUT2D eigenvalue weighted by molar-refractivity contribution is 9.10. The lowest BCUT2D eigenvalue weighted by Crippen LogP contribution is -2.04. The number of aromatic amines is 1. The highest BCUT2D eigenvalue weighted by Crippen LogP contribution is 2.22. The van der Waals surface area contributed by atoms with Gasteiger partial charge in [0.05, 0.1) is 12.1 Å². The molecule has 0 radical (unpaired) electrons. The topological polar surface area (TPSA) is 61.8 Å².